The van der Waals surface area contributed by atoms with Crippen LogP contribution in [0.2, 0.25) is 0 Å². The maximum Gasteiger partial charge on any atom is 0.220 e. The van der Waals surface area contributed by atoms with Gasteiger partial charge in [-0.15, -0.1) is 0 Å². The molecule has 0 aliphatic carbocycles. The third kappa shape index (κ3) is 19.5. The van der Waals surface area contributed by atoms with Crippen LogP contribution in [0.5, 0.6) is 0 Å². The summed E-state index contributed by atoms with van der Waals surface area (Å²) in [5.74, 6) is 0. The van der Waals surface area contributed by atoms with Crippen LogP contribution in [0.25, 0.3) is 0 Å². The van der Waals surface area contributed by atoms with Gasteiger partial charge in [0.2, 0.25) is 21.7 Å². The summed E-state index contributed by atoms with van der Waals surface area (Å²) in [5.41, 5.74) is 9.37. The number of anilines is 4. The van der Waals surface area contributed by atoms with E-state index in [0.29, 0.717) is 39.7 Å². The van der Waals surface area contributed by atoms with Gasteiger partial charge in [0.05, 0.1) is 40.8 Å². The Labute approximate surface area is 427 Å². The summed E-state index contributed by atoms with van der Waals surface area (Å²) in [4.78, 5) is 52.5. The Balaban J connectivity index is 0.000000447. The fourth-order valence-corrected chi connectivity index (χ4v) is 9.30. The van der Waals surface area contributed by atoms with Crippen molar-refractivity contribution in [1.29, 1.82) is 0 Å². The van der Waals surface area contributed by atoms with E-state index in [9.17, 15) is 19.2 Å². The highest BCUT2D eigenvalue weighted by Gasteiger charge is 2.24. The van der Waals surface area contributed by atoms with E-state index < -0.39 is 0 Å². The third-order valence-corrected chi connectivity index (χ3v) is 13.8. The molecule has 12 heteroatoms. The monoisotopic (exact) mass is 999 g/mol. The van der Waals surface area contributed by atoms with Crippen LogP contribution in [0.15, 0.2) is 19.2 Å². The van der Waals surface area contributed by atoms with Crippen molar-refractivity contribution in [3.05, 3.63) is 81.2 Å². The quantitative estimate of drug-likeness (QED) is 0.0855. The fourth-order valence-electron chi connectivity index (χ4n) is 8.11. The maximum absolute atomic E-state index is 11.9. The van der Waals surface area contributed by atoms with E-state index in [1.54, 1.807) is 0 Å². The van der Waals surface area contributed by atoms with Crippen LogP contribution in [0.1, 0.15) is 184 Å². The molecule has 0 fully saturated rings. The van der Waals surface area contributed by atoms with E-state index in [1.807, 2.05) is 37.9 Å². The number of nitrogens with one attached hydrogen (secondary N) is 1. The van der Waals surface area contributed by atoms with E-state index >= 15 is 0 Å². The molecule has 0 aliphatic rings. The Morgan fingerprint density at radius 3 is 1.03 bits per heavy atom. The molecule has 0 bridgehead atoms. The topological polar surface area (TPSA) is 90.0 Å². The van der Waals surface area contributed by atoms with Crippen LogP contribution in [0.4, 0.5) is 22.7 Å². The van der Waals surface area contributed by atoms with E-state index in [0.717, 1.165) is 142 Å². The van der Waals surface area contributed by atoms with Crippen molar-refractivity contribution in [2.24, 2.45) is 21.7 Å². The minimum Gasteiger partial charge on any atom is -0.382 e. The zero-order valence-corrected chi connectivity index (χ0v) is 48.7. The van der Waals surface area contributed by atoms with Gasteiger partial charge in [-0.25, -0.2) is 0 Å². The average molecular weight is 1000 g/mol. The van der Waals surface area contributed by atoms with E-state index in [-0.39, 0.29) is 21.7 Å². The summed E-state index contributed by atoms with van der Waals surface area (Å²) >= 11 is 20.5. The van der Waals surface area contributed by atoms with Crippen molar-refractivity contribution >= 4 is 71.6 Å². The maximum atomic E-state index is 11.9. The molecule has 4 aromatic rings. The second kappa shape index (κ2) is 27.0. The molecule has 378 valence electrons. The number of hydrogen-bond donors (Lipinski definition) is 1. The number of nitrogens with zero attached hydrogens (tertiary/aromatic N) is 3. The molecule has 0 aliphatic heterocycles. The number of hydrogen-bond acceptors (Lipinski definition) is 12. The third-order valence-electron chi connectivity index (χ3n) is 12.1. The Morgan fingerprint density at radius 1 is 0.418 bits per heavy atom. The lowest BCUT2D eigenvalue weighted by Gasteiger charge is -2.26. The Morgan fingerprint density at radius 2 is 0.716 bits per heavy atom. The van der Waals surface area contributed by atoms with Gasteiger partial charge in [-0.1, -0.05) is 132 Å². The molecule has 0 amide bonds. The molecule has 4 aromatic carbocycles. The van der Waals surface area contributed by atoms with Gasteiger partial charge >= 0.3 is 0 Å². The largest absolute Gasteiger partial charge is 0.382 e. The zero-order chi connectivity index (χ0) is 52.0. The first kappa shape index (κ1) is 62.2. The highest BCUT2D eigenvalue weighted by Crippen LogP contribution is 2.30. The highest BCUT2D eigenvalue weighted by molar-refractivity contribution is 7.72. The van der Waals surface area contributed by atoms with Gasteiger partial charge in [-0.3, -0.25) is 19.2 Å². The Bertz CT molecular complexity index is 2450. The molecular formula is C55H90N4O4S4. The van der Waals surface area contributed by atoms with Crippen molar-refractivity contribution in [1.82, 2.24) is 0 Å². The van der Waals surface area contributed by atoms with Crippen LogP contribution in [-0.2, 0) is 25.7 Å². The van der Waals surface area contributed by atoms with Crippen LogP contribution >= 0.6 is 48.9 Å². The van der Waals surface area contributed by atoms with E-state index in [2.05, 4.69) is 114 Å². The van der Waals surface area contributed by atoms with Crippen molar-refractivity contribution in [2.75, 3.05) is 67.3 Å². The standard InChI is InChI=1S/C15H25NOS.C14H23NOS.2C13H21NOS/c1-6-16(7-2)12-11(14(18)13(12)17)9-8-10-15(3,4)5;1-6-15(5)11-10(13(17)12(11)16)8-7-9-14(2,3)4;1-13(2,3)8-6-7-9-10(14(4)5)11(15)12(9)16;1-5-14-10-9(12(16)11(10)15)7-6-8-13(2,3)4/h6-10H2,1-5H3;6-9H2,1-5H3;6-8H2,1-5H3;14H,5-8H2,1-4H3. The SMILES string of the molecule is CCN(C)c1c(CCCC(C)(C)C)c(=S)c1=O.CCN(CC)c1c(CCCC(C)(C)C)c(=S)c1=O.CCNc1c(CCCC(C)(C)C)c(=S)c1=O.CN(C)c1c(CCCC(C)(C)C)c(=S)c1=O. The average Bonchev–Trinajstić information content (AvgIpc) is 3.22. The molecule has 1 N–H and O–H groups in total. The molecule has 8 nitrogen and oxygen atoms in total. The lowest BCUT2D eigenvalue weighted by atomic mass is 9.88. The summed E-state index contributed by atoms with van der Waals surface area (Å²) in [6, 6.07) is 0. The van der Waals surface area contributed by atoms with Crippen molar-refractivity contribution in [3.63, 3.8) is 0 Å². The van der Waals surface area contributed by atoms with E-state index in [1.165, 1.54) is 6.42 Å². The lowest BCUT2D eigenvalue weighted by Crippen LogP contribution is -2.33. The molecule has 0 atom stereocenters. The first-order valence-corrected chi connectivity index (χ1v) is 26.5. The van der Waals surface area contributed by atoms with Gasteiger partial charge in [0.25, 0.3) is 0 Å². The van der Waals surface area contributed by atoms with Crippen molar-refractivity contribution in [3.8, 4) is 0 Å². The molecule has 4 rings (SSSR count). The molecule has 0 saturated carbocycles. The molecule has 0 aromatic heterocycles. The highest BCUT2D eigenvalue weighted by atomic mass is 32.1. The first-order valence-electron chi connectivity index (χ1n) is 24.9. The molecule has 0 unspecified atom stereocenters. The van der Waals surface area contributed by atoms with Gasteiger partial charge in [-0.2, -0.15) is 0 Å². The predicted octanol–water partition coefficient (Wildman–Crippen LogP) is 13.9. The minimum atomic E-state index is 0.0302. The van der Waals surface area contributed by atoms with Crippen LogP contribution in [0, 0.1) is 39.7 Å². The first-order chi connectivity index (χ1) is 30.7. The summed E-state index contributed by atoms with van der Waals surface area (Å²) in [5, 5.41) is 3.10. The van der Waals surface area contributed by atoms with E-state index in [4.69, 9.17) is 48.9 Å². The Hall–Kier alpha value is -2.80. The molecule has 0 spiro atoms. The molecular weight excluding hydrogens is 909 g/mol. The molecule has 67 heavy (non-hydrogen) atoms. The summed E-state index contributed by atoms with van der Waals surface area (Å²) in [6.07, 6.45) is 12.8. The summed E-state index contributed by atoms with van der Waals surface area (Å²) in [7, 11) is 5.76. The van der Waals surface area contributed by atoms with Gasteiger partial charge in [0.15, 0.2) is 0 Å². The van der Waals surface area contributed by atoms with Gasteiger partial charge in [0.1, 0.15) is 0 Å². The van der Waals surface area contributed by atoms with Crippen LogP contribution in [0.3, 0.4) is 0 Å². The normalized spacial score (nSPS) is 12.0. The molecule has 0 saturated heterocycles. The minimum absolute atomic E-state index is 0.0302. The fraction of sp³-hybridized carbons (Fsp3) is 0.709. The van der Waals surface area contributed by atoms with Crippen molar-refractivity contribution < 1.29 is 0 Å². The van der Waals surface area contributed by atoms with Gasteiger partial charge in [-0.05, 0) is 126 Å². The van der Waals surface area contributed by atoms with Crippen LogP contribution in [-0.4, -0.2) is 47.3 Å². The number of rotatable bonds is 20. The lowest BCUT2D eigenvalue weighted by molar-refractivity contribution is 0.365. The summed E-state index contributed by atoms with van der Waals surface area (Å²) in [6.45, 7) is 38.5. The molecule has 0 radical (unpaired) electrons. The van der Waals surface area contributed by atoms with Gasteiger partial charge in [0, 0.05) is 69.6 Å². The second-order valence-electron chi connectivity index (χ2n) is 23.2. The van der Waals surface area contributed by atoms with Crippen molar-refractivity contribution in [2.45, 2.75) is 188 Å². The van der Waals surface area contributed by atoms with Crippen LogP contribution < -0.4 is 41.7 Å². The van der Waals surface area contributed by atoms with Gasteiger partial charge < -0.3 is 20.0 Å². The predicted molar refractivity (Wildman–Crippen MR) is 304 cm³/mol. The second-order valence-corrected chi connectivity index (χ2v) is 24.9. The smallest absolute Gasteiger partial charge is 0.220 e. The molecule has 0 heterocycles. The Kier molecular flexibility index (Phi) is 25.1. The zero-order valence-electron chi connectivity index (χ0n) is 45.4. The summed E-state index contributed by atoms with van der Waals surface area (Å²) < 4.78 is 2.24.